The zero-order valence-corrected chi connectivity index (χ0v) is 16.0. The zero-order valence-electron chi connectivity index (χ0n) is 15.2. The van der Waals surface area contributed by atoms with Crippen LogP contribution in [0, 0.1) is 0 Å². The van der Waals surface area contributed by atoms with Gasteiger partial charge in [0.15, 0.2) is 0 Å². The van der Waals surface area contributed by atoms with Crippen LogP contribution >= 0.6 is 11.8 Å². The summed E-state index contributed by atoms with van der Waals surface area (Å²) in [5.74, 6) is 1.18. The molecule has 0 unspecified atom stereocenters. The minimum atomic E-state index is -0.341. The molecule has 0 aliphatic heterocycles. The highest BCUT2D eigenvalue weighted by atomic mass is 32.2. The first kappa shape index (κ1) is 18.6. The molecular formula is C22H25NO2S. The topological polar surface area (TPSA) is 38.3 Å². The third kappa shape index (κ3) is 4.70. The van der Waals surface area contributed by atoms with Crippen molar-refractivity contribution < 1.29 is 9.53 Å². The summed E-state index contributed by atoms with van der Waals surface area (Å²) < 4.78 is 5.52. The number of hydrogen-bond donors (Lipinski definition) is 1. The molecule has 1 amide bonds. The number of ether oxygens (including phenoxy) is 1. The predicted octanol–water partition coefficient (Wildman–Crippen LogP) is 5.75. The molecule has 0 aromatic heterocycles. The molecule has 0 saturated heterocycles. The highest BCUT2D eigenvalue weighted by Gasteiger charge is 2.10. The smallest absolute Gasteiger partial charge is 0.407 e. The predicted molar refractivity (Wildman–Crippen MR) is 112 cm³/mol. The molecule has 0 saturated carbocycles. The van der Waals surface area contributed by atoms with Crippen LogP contribution < -0.4 is 5.32 Å². The quantitative estimate of drug-likeness (QED) is 0.407. The van der Waals surface area contributed by atoms with E-state index in [1.807, 2.05) is 36.0 Å². The van der Waals surface area contributed by atoms with Gasteiger partial charge in [0.2, 0.25) is 0 Å². The van der Waals surface area contributed by atoms with Gasteiger partial charge in [0.05, 0.1) is 0 Å². The molecule has 0 radical (unpaired) electrons. The van der Waals surface area contributed by atoms with Gasteiger partial charge in [0.1, 0.15) is 6.61 Å². The van der Waals surface area contributed by atoms with E-state index >= 15 is 0 Å². The minimum absolute atomic E-state index is 0.278. The summed E-state index contributed by atoms with van der Waals surface area (Å²) in [5.41, 5.74) is 1.06. The van der Waals surface area contributed by atoms with Crippen LogP contribution in [0.25, 0.3) is 21.5 Å². The van der Waals surface area contributed by atoms with Crippen molar-refractivity contribution in [3.63, 3.8) is 0 Å². The number of fused-ring (bicyclic) bond motifs is 2. The highest BCUT2D eigenvalue weighted by molar-refractivity contribution is 7.98. The SMILES string of the molecule is CSCCCCCNC(=O)OCc1c2ccccc2cc2ccccc12. The van der Waals surface area contributed by atoms with Crippen LogP contribution in [0.4, 0.5) is 4.79 Å². The third-order valence-corrected chi connectivity index (χ3v) is 5.22. The monoisotopic (exact) mass is 367 g/mol. The van der Waals surface area contributed by atoms with Gasteiger partial charge in [-0.25, -0.2) is 4.79 Å². The first-order chi connectivity index (χ1) is 12.8. The average molecular weight is 368 g/mol. The lowest BCUT2D eigenvalue weighted by atomic mass is 9.97. The van der Waals surface area contributed by atoms with Crippen LogP contribution in [0.3, 0.4) is 0 Å². The molecular weight excluding hydrogens is 342 g/mol. The van der Waals surface area contributed by atoms with E-state index in [0.29, 0.717) is 6.54 Å². The Morgan fingerprint density at radius 1 is 0.962 bits per heavy atom. The normalized spacial score (nSPS) is 11.0. The molecule has 0 atom stereocenters. The Kier molecular flexibility index (Phi) is 6.78. The van der Waals surface area contributed by atoms with Crippen LogP contribution in [0.1, 0.15) is 24.8 Å². The van der Waals surface area contributed by atoms with Gasteiger partial charge in [0.25, 0.3) is 0 Å². The second-order valence-electron chi connectivity index (χ2n) is 6.35. The molecule has 3 aromatic carbocycles. The molecule has 0 aliphatic rings. The van der Waals surface area contributed by atoms with E-state index < -0.39 is 0 Å². The maximum absolute atomic E-state index is 12.0. The van der Waals surface area contributed by atoms with E-state index in [9.17, 15) is 4.79 Å². The van der Waals surface area contributed by atoms with Crippen LogP contribution in [-0.4, -0.2) is 24.6 Å². The Labute approximate surface area is 159 Å². The van der Waals surface area contributed by atoms with Crippen LogP contribution in [0.2, 0.25) is 0 Å². The summed E-state index contributed by atoms with van der Waals surface area (Å²) in [5, 5.41) is 7.46. The molecule has 0 heterocycles. The molecule has 3 rings (SSSR count). The first-order valence-corrected chi connectivity index (χ1v) is 10.5. The summed E-state index contributed by atoms with van der Waals surface area (Å²) in [4.78, 5) is 12.0. The van der Waals surface area contributed by atoms with Gasteiger partial charge >= 0.3 is 6.09 Å². The van der Waals surface area contributed by atoms with Crippen LogP contribution in [0.15, 0.2) is 54.6 Å². The van der Waals surface area contributed by atoms with E-state index in [2.05, 4.69) is 41.9 Å². The van der Waals surface area contributed by atoms with Crippen molar-refractivity contribution in [1.29, 1.82) is 0 Å². The molecule has 0 bridgehead atoms. The number of unbranched alkanes of at least 4 members (excludes halogenated alkanes) is 2. The molecule has 3 nitrogen and oxygen atoms in total. The molecule has 4 heteroatoms. The number of amides is 1. The number of alkyl carbamates (subject to hydrolysis) is 1. The highest BCUT2D eigenvalue weighted by Crippen LogP contribution is 2.29. The maximum atomic E-state index is 12.0. The van der Waals surface area contributed by atoms with Crippen molar-refractivity contribution in [2.45, 2.75) is 25.9 Å². The Bertz CT molecular complexity index is 824. The van der Waals surface area contributed by atoms with Gasteiger partial charge in [-0.3, -0.25) is 0 Å². The number of carbonyl (C=O) groups excluding carboxylic acids is 1. The molecule has 0 fully saturated rings. The summed E-state index contributed by atoms with van der Waals surface area (Å²) in [6.45, 7) is 0.948. The van der Waals surface area contributed by atoms with Crippen molar-refractivity contribution in [2.24, 2.45) is 0 Å². The first-order valence-electron chi connectivity index (χ1n) is 9.08. The molecule has 3 aromatic rings. The number of nitrogens with one attached hydrogen (secondary N) is 1. The van der Waals surface area contributed by atoms with E-state index in [1.165, 1.54) is 22.9 Å². The molecule has 0 aliphatic carbocycles. The lowest BCUT2D eigenvalue weighted by Crippen LogP contribution is -2.25. The van der Waals surface area contributed by atoms with E-state index in [1.54, 1.807) is 0 Å². The number of carbonyl (C=O) groups is 1. The standard InChI is InChI=1S/C22H25NO2S/c1-26-14-8-2-7-13-23-22(24)25-16-21-19-11-5-3-9-17(19)15-18-10-4-6-12-20(18)21/h3-6,9-12,15H,2,7-8,13-14,16H2,1H3,(H,23,24). The van der Waals surface area contributed by atoms with E-state index in [-0.39, 0.29) is 12.7 Å². The van der Waals surface area contributed by atoms with E-state index in [4.69, 9.17) is 4.74 Å². The number of benzene rings is 3. The second kappa shape index (κ2) is 9.48. The zero-order chi connectivity index (χ0) is 18.2. The lowest BCUT2D eigenvalue weighted by Gasteiger charge is -2.12. The molecule has 1 N–H and O–H groups in total. The second-order valence-corrected chi connectivity index (χ2v) is 7.34. The van der Waals surface area contributed by atoms with Crippen molar-refractivity contribution in [2.75, 3.05) is 18.6 Å². The largest absolute Gasteiger partial charge is 0.445 e. The van der Waals surface area contributed by atoms with Gasteiger partial charge in [-0.05, 0) is 52.5 Å². The van der Waals surface area contributed by atoms with Crippen LogP contribution in [-0.2, 0) is 11.3 Å². The number of hydrogen-bond acceptors (Lipinski definition) is 3. The molecule has 26 heavy (non-hydrogen) atoms. The third-order valence-electron chi connectivity index (χ3n) is 4.53. The Balaban J connectivity index is 1.65. The maximum Gasteiger partial charge on any atom is 0.407 e. The number of thioether (sulfide) groups is 1. The fraction of sp³-hybridized carbons (Fsp3) is 0.318. The summed E-state index contributed by atoms with van der Waals surface area (Å²) >= 11 is 1.86. The van der Waals surface area contributed by atoms with Gasteiger partial charge < -0.3 is 10.1 Å². The summed E-state index contributed by atoms with van der Waals surface area (Å²) in [6.07, 6.45) is 5.10. The van der Waals surface area contributed by atoms with Gasteiger partial charge in [-0.1, -0.05) is 55.0 Å². The molecule has 0 spiro atoms. The van der Waals surface area contributed by atoms with Crippen molar-refractivity contribution >= 4 is 39.4 Å². The summed E-state index contributed by atoms with van der Waals surface area (Å²) in [6, 6.07) is 18.7. The van der Waals surface area contributed by atoms with Crippen molar-refractivity contribution in [1.82, 2.24) is 5.32 Å². The molecule has 136 valence electrons. The van der Waals surface area contributed by atoms with Gasteiger partial charge in [-0.2, -0.15) is 11.8 Å². The Morgan fingerprint density at radius 3 is 2.27 bits per heavy atom. The average Bonchev–Trinajstić information content (AvgIpc) is 2.67. The van der Waals surface area contributed by atoms with Crippen molar-refractivity contribution in [3.05, 3.63) is 60.2 Å². The van der Waals surface area contributed by atoms with Gasteiger partial charge in [-0.15, -0.1) is 0 Å². The fourth-order valence-corrected chi connectivity index (χ4v) is 3.68. The van der Waals surface area contributed by atoms with Crippen LogP contribution in [0.5, 0.6) is 0 Å². The van der Waals surface area contributed by atoms with E-state index in [0.717, 1.165) is 29.2 Å². The number of rotatable bonds is 8. The fourth-order valence-electron chi connectivity index (χ4n) is 3.19. The Hall–Kier alpha value is -2.20. The van der Waals surface area contributed by atoms with Crippen molar-refractivity contribution in [3.8, 4) is 0 Å². The lowest BCUT2D eigenvalue weighted by molar-refractivity contribution is 0.140. The Morgan fingerprint density at radius 2 is 1.62 bits per heavy atom. The minimum Gasteiger partial charge on any atom is -0.445 e. The summed E-state index contributed by atoms with van der Waals surface area (Å²) in [7, 11) is 0. The van der Waals surface area contributed by atoms with Gasteiger partial charge in [0, 0.05) is 12.1 Å².